The van der Waals surface area contributed by atoms with Gasteiger partial charge in [-0.05, 0) is 44.0 Å². The highest BCUT2D eigenvalue weighted by Crippen LogP contribution is 2.35. The van der Waals surface area contributed by atoms with Gasteiger partial charge in [0.15, 0.2) is 5.88 Å². The predicted molar refractivity (Wildman–Crippen MR) is 87.7 cm³/mol. The first-order valence-electron chi connectivity index (χ1n) is 7.72. The second-order valence-electron chi connectivity index (χ2n) is 5.68. The van der Waals surface area contributed by atoms with Gasteiger partial charge in [0.05, 0.1) is 4.91 Å². The lowest BCUT2D eigenvalue weighted by Crippen LogP contribution is -2.36. The largest absolute Gasteiger partial charge is 0.441 e. The molecule has 3 rings (SSSR count). The second kappa shape index (κ2) is 6.20. The van der Waals surface area contributed by atoms with E-state index in [1.807, 2.05) is 26.0 Å². The van der Waals surface area contributed by atoms with Gasteiger partial charge in [0.25, 0.3) is 11.1 Å². The summed E-state index contributed by atoms with van der Waals surface area (Å²) in [6.07, 6.45) is 4.80. The molecule has 2 aliphatic rings. The Morgan fingerprint density at radius 3 is 2.73 bits per heavy atom. The minimum absolute atomic E-state index is 0.0739. The third-order valence-electron chi connectivity index (χ3n) is 4.16. The molecular weight excluding hydrogens is 300 g/mol. The van der Waals surface area contributed by atoms with Crippen LogP contribution in [0.5, 0.6) is 0 Å². The van der Waals surface area contributed by atoms with Gasteiger partial charge in [-0.15, -0.1) is 0 Å². The van der Waals surface area contributed by atoms with Crippen molar-refractivity contribution in [2.75, 3.05) is 18.0 Å². The summed E-state index contributed by atoms with van der Waals surface area (Å²) in [6, 6.07) is 3.70. The lowest BCUT2D eigenvalue weighted by atomic mass is 10.2. The van der Waals surface area contributed by atoms with Gasteiger partial charge in [-0.2, -0.15) is 0 Å². The van der Waals surface area contributed by atoms with Crippen molar-refractivity contribution < 1.29 is 14.0 Å². The van der Waals surface area contributed by atoms with Gasteiger partial charge < -0.3 is 9.32 Å². The van der Waals surface area contributed by atoms with Crippen molar-refractivity contribution in [1.29, 1.82) is 0 Å². The summed E-state index contributed by atoms with van der Waals surface area (Å²) in [5.74, 6) is 1.24. The quantitative estimate of drug-likeness (QED) is 0.792. The molecule has 5 nitrogen and oxygen atoms in total. The Kier molecular flexibility index (Phi) is 4.29. The minimum atomic E-state index is -0.219. The number of hydrogen-bond donors (Lipinski definition) is 0. The zero-order valence-electron chi connectivity index (χ0n) is 12.9. The van der Waals surface area contributed by atoms with E-state index in [4.69, 9.17) is 4.42 Å². The molecule has 0 radical (unpaired) electrons. The third kappa shape index (κ3) is 2.79. The summed E-state index contributed by atoms with van der Waals surface area (Å²) in [7, 11) is 0. The monoisotopic (exact) mass is 320 g/mol. The van der Waals surface area contributed by atoms with Crippen LogP contribution in [0.15, 0.2) is 21.5 Å². The van der Waals surface area contributed by atoms with E-state index in [0.29, 0.717) is 10.7 Å². The van der Waals surface area contributed by atoms with Crippen LogP contribution in [0.2, 0.25) is 0 Å². The first-order chi connectivity index (χ1) is 10.6. The second-order valence-corrected chi connectivity index (χ2v) is 6.67. The Hall–Kier alpha value is -1.69. The van der Waals surface area contributed by atoms with E-state index < -0.39 is 0 Å². The fourth-order valence-electron chi connectivity index (χ4n) is 2.70. The van der Waals surface area contributed by atoms with E-state index in [-0.39, 0.29) is 17.2 Å². The molecule has 0 aromatic carbocycles. The number of amides is 2. The van der Waals surface area contributed by atoms with Crippen molar-refractivity contribution in [3.63, 3.8) is 0 Å². The molecule has 6 heteroatoms. The molecule has 2 fully saturated rings. The Balaban J connectivity index is 1.78. The van der Waals surface area contributed by atoms with E-state index in [9.17, 15) is 9.59 Å². The summed E-state index contributed by atoms with van der Waals surface area (Å²) in [4.78, 5) is 28.3. The lowest BCUT2D eigenvalue weighted by Gasteiger charge is -2.19. The SMILES string of the molecule is CCC(C)N1C(=O)SC(=Cc2ccc(N3CCCC3)o2)C1=O. The molecule has 1 unspecified atom stereocenters. The van der Waals surface area contributed by atoms with Crippen molar-refractivity contribution in [2.24, 2.45) is 0 Å². The van der Waals surface area contributed by atoms with Gasteiger partial charge >= 0.3 is 0 Å². The molecule has 2 aliphatic heterocycles. The fraction of sp³-hybridized carbons (Fsp3) is 0.500. The van der Waals surface area contributed by atoms with Crippen molar-refractivity contribution >= 4 is 34.9 Å². The molecule has 22 heavy (non-hydrogen) atoms. The molecule has 0 bridgehead atoms. The Labute approximate surface area is 134 Å². The van der Waals surface area contributed by atoms with Gasteiger partial charge in [0, 0.05) is 31.3 Å². The third-order valence-corrected chi connectivity index (χ3v) is 5.04. The highest BCUT2D eigenvalue weighted by Gasteiger charge is 2.37. The first-order valence-corrected chi connectivity index (χ1v) is 8.53. The van der Waals surface area contributed by atoms with E-state index in [0.717, 1.165) is 37.2 Å². The normalized spacial score (nSPS) is 22.2. The summed E-state index contributed by atoms with van der Waals surface area (Å²) in [5, 5.41) is -0.197. The lowest BCUT2D eigenvalue weighted by molar-refractivity contribution is -0.124. The molecule has 0 aliphatic carbocycles. The van der Waals surface area contributed by atoms with E-state index in [1.54, 1.807) is 6.08 Å². The molecule has 3 heterocycles. The van der Waals surface area contributed by atoms with Crippen LogP contribution >= 0.6 is 11.8 Å². The summed E-state index contributed by atoms with van der Waals surface area (Å²) in [6.45, 7) is 5.87. The molecule has 1 atom stereocenters. The molecule has 118 valence electrons. The summed E-state index contributed by atoms with van der Waals surface area (Å²) < 4.78 is 5.79. The van der Waals surface area contributed by atoms with Crippen molar-refractivity contribution in [2.45, 2.75) is 39.2 Å². The van der Waals surface area contributed by atoms with E-state index in [2.05, 4.69) is 4.90 Å². The molecule has 2 amide bonds. The van der Waals surface area contributed by atoms with E-state index >= 15 is 0 Å². The Bertz CT molecular complexity index is 617. The van der Waals surface area contributed by atoms with Crippen LogP contribution in [-0.4, -0.2) is 35.2 Å². The molecule has 2 saturated heterocycles. The van der Waals surface area contributed by atoms with Gasteiger partial charge in [-0.3, -0.25) is 14.5 Å². The van der Waals surface area contributed by atoms with Crippen LogP contribution in [0.3, 0.4) is 0 Å². The highest BCUT2D eigenvalue weighted by molar-refractivity contribution is 8.18. The van der Waals surface area contributed by atoms with Crippen molar-refractivity contribution in [3.05, 3.63) is 22.8 Å². The summed E-state index contributed by atoms with van der Waals surface area (Å²) in [5.41, 5.74) is 0. The van der Waals surface area contributed by atoms with Gasteiger partial charge in [0.2, 0.25) is 0 Å². The zero-order valence-corrected chi connectivity index (χ0v) is 13.7. The number of rotatable bonds is 4. The molecule has 0 saturated carbocycles. The topological polar surface area (TPSA) is 53.8 Å². The number of hydrogen-bond acceptors (Lipinski definition) is 5. The van der Waals surface area contributed by atoms with Crippen LogP contribution in [-0.2, 0) is 4.79 Å². The molecule has 0 N–H and O–H groups in total. The standard InChI is InChI=1S/C16H20N2O3S/c1-3-11(2)18-15(19)13(22-16(18)20)10-12-6-7-14(21-12)17-8-4-5-9-17/h6-7,10-11H,3-5,8-9H2,1-2H3. The average molecular weight is 320 g/mol. The maximum absolute atomic E-state index is 12.3. The molecule has 1 aromatic heterocycles. The number of thioether (sulfide) groups is 1. The minimum Gasteiger partial charge on any atom is -0.441 e. The van der Waals surface area contributed by atoms with Crippen LogP contribution in [0, 0.1) is 0 Å². The van der Waals surface area contributed by atoms with Crippen molar-refractivity contribution in [1.82, 2.24) is 4.90 Å². The number of anilines is 1. The number of nitrogens with zero attached hydrogens (tertiary/aromatic N) is 2. The fourth-order valence-corrected chi connectivity index (χ4v) is 3.61. The van der Waals surface area contributed by atoms with Gasteiger partial charge in [0.1, 0.15) is 5.76 Å². The number of imide groups is 1. The van der Waals surface area contributed by atoms with Crippen LogP contribution < -0.4 is 4.90 Å². The summed E-state index contributed by atoms with van der Waals surface area (Å²) >= 11 is 0.987. The van der Waals surface area contributed by atoms with Crippen LogP contribution in [0.25, 0.3) is 6.08 Å². The average Bonchev–Trinajstić information content (AvgIpc) is 3.21. The molecular formula is C16H20N2O3S. The highest BCUT2D eigenvalue weighted by atomic mass is 32.2. The number of furan rings is 1. The van der Waals surface area contributed by atoms with Gasteiger partial charge in [-0.1, -0.05) is 6.92 Å². The molecule has 0 spiro atoms. The van der Waals surface area contributed by atoms with Crippen LogP contribution in [0.4, 0.5) is 10.7 Å². The molecule has 1 aromatic rings. The Morgan fingerprint density at radius 2 is 2.05 bits per heavy atom. The van der Waals surface area contributed by atoms with E-state index in [1.165, 1.54) is 17.7 Å². The zero-order chi connectivity index (χ0) is 15.7. The van der Waals surface area contributed by atoms with Crippen LogP contribution in [0.1, 0.15) is 38.9 Å². The predicted octanol–water partition coefficient (Wildman–Crippen LogP) is 3.71. The maximum atomic E-state index is 12.3. The number of carbonyl (C=O) groups excluding carboxylic acids is 2. The maximum Gasteiger partial charge on any atom is 0.293 e. The van der Waals surface area contributed by atoms with Crippen molar-refractivity contribution in [3.8, 4) is 0 Å². The number of carbonyl (C=O) groups is 2. The first kappa shape index (κ1) is 15.2. The Morgan fingerprint density at radius 1 is 1.32 bits per heavy atom. The smallest absolute Gasteiger partial charge is 0.293 e. The van der Waals surface area contributed by atoms with Gasteiger partial charge in [-0.25, -0.2) is 0 Å².